The van der Waals surface area contributed by atoms with Crippen molar-refractivity contribution in [3.8, 4) is 11.5 Å². The second-order valence-electron chi connectivity index (χ2n) is 9.83. The summed E-state index contributed by atoms with van der Waals surface area (Å²) >= 11 is 0. The minimum Gasteiger partial charge on any atom is -0.493 e. The maximum Gasteiger partial charge on any atom is 0.261 e. The third kappa shape index (κ3) is 6.95. The minimum atomic E-state index is -3.90. The molecule has 0 radical (unpaired) electrons. The molecule has 2 fully saturated rings. The van der Waals surface area contributed by atoms with E-state index in [-0.39, 0.29) is 47.6 Å². The van der Waals surface area contributed by atoms with Gasteiger partial charge in [0.25, 0.3) is 10.0 Å². The molecular formula is C29H30FN3O7S. The highest BCUT2D eigenvalue weighted by Gasteiger charge is 2.32. The Labute approximate surface area is 237 Å². The number of nitrogens with zero attached hydrogens (tertiary/aromatic N) is 1. The largest absolute Gasteiger partial charge is 0.493 e. The van der Waals surface area contributed by atoms with Gasteiger partial charge in [-0.1, -0.05) is 6.07 Å². The van der Waals surface area contributed by atoms with Crippen LogP contribution in [-0.4, -0.2) is 58.2 Å². The topological polar surface area (TPSA) is 123 Å². The molecule has 5 rings (SSSR count). The molecule has 2 aliphatic rings. The summed E-state index contributed by atoms with van der Waals surface area (Å²) in [6, 6.07) is 16.1. The van der Waals surface area contributed by atoms with E-state index in [9.17, 15) is 22.4 Å². The van der Waals surface area contributed by atoms with Gasteiger partial charge < -0.3 is 24.4 Å². The molecule has 3 aromatic carbocycles. The van der Waals surface area contributed by atoms with E-state index in [4.69, 9.17) is 14.2 Å². The van der Waals surface area contributed by atoms with E-state index in [1.807, 2.05) is 18.2 Å². The predicted octanol–water partition coefficient (Wildman–Crippen LogP) is 4.11. The van der Waals surface area contributed by atoms with Crippen LogP contribution >= 0.6 is 0 Å². The van der Waals surface area contributed by atoms with Crippen LogP contribution in [0.3, 0.4) is 0 Å². The summed E-state index contributed by atoms with van der Waals surface area (Å²) in [6.45, 7) is 0.910. The maximum absolute atomic E-state index is 13.1. The van der Waals surface area contributed by atoms with E-state index in [2.05, 4.69) is 10.0 Å². The standard InChI is InChI=1S/C29H30FN3O7S/c1-38-25-13-4-19(15-26(25)40-29-3-2-14-39-29)20-16-28(35)33(17-20)18-27(34)31-22-7-9-23(10-8-22)32-41(36,37)24-11-5-21(30)6-12-24/h4-13,15,20,29,32H,2-3,14,16-18H2,1H3,(H,31,34)/t20-,29?/m1/s1. The molecule has 2 saturated heterocycles. The molecule has 2 N–H and O–H groups in total. The fourth-order valence-corrected chi connectivity index (χ4v) is 5.85. The molecule has 0 spiro atoms. The Hall–Kier alpha value is -4.16. The van der Waals surface area contributed by atoms with Crippen LogP contribution in [0.15, 0.2) is 71.6 Å². The molecule has 2 amide bonds. The molecular weight excluding hydrogens is 553 g/mol. The predicted molar refractivity (Wildman–Crippen MR) is 149 cm³/mol. The van der Waals surface area contributed by atoms with Crippen LogP contribution in [-0.2, 0) is 24.3 Å². The average molecular weight is 584 g/mol. The number of likely N-dealkylation sites (tertiary alicyclic amines) is 1. The molecule has 216 valence electrons. The second-order valence-corrected chi connectivity index (χ2v) is 11.5. The number of hydrogen-bond donors (Lipinski definition) is 2. The van der Waals surface area contributed by atoms with Gasteiger partial charge in [-0.3, -0.25) is 14.3 Å². The fourth-order valence-electron chi connectivity index (χ4n) is 4.79. The maximum atomic E-state index is 13.1. The number of methoxy groups -OCH3 is 1. The Kier molecular flexibility index (Phi) is 8.41. The summed E-state index contributed by atoms with van der Waals surface area (Å²) in [5, 5.41) is 2.73. The van der Waals surface area contributed by atoms with Gasteiger partial charge in [0.2, 0.25) is 11.8 Å². The molecule has 3 aromatic rings. The number of ether oxygens (including phenoxy) is 3. The van der Waals surface area contributed by atoms with Crippen LogP contribution in [0, 0.1) is 5.82 Å². The van der Waals surface area contributed by atoms with Gasteiger partial charge in [0, 0.05) is 36.7 Å². The first-order chi connectivity index (χ1) is 19.7. The molecule has 12 heteroatoms. The van der Waals surface area contributed by atoms with E-state index in [0.29, 0.717) is 30.3 Å². The molecule has 2 heterocycles. The molecule has 0 saturated carbocycles. The lowest BCUT2D eigenvalue weighted by atomic mass is 9.98. The van der Waals surface area contributed by atoms with E-state index in [1.165, 1.54) is 29.2 Å². The normalized spacial score (nSPS) is 18.8. The molecule has 2 aliphatic heterocycles. The zero-order valence-electron chi connectivity index (χ0n) is 22.3. The zero-order valence-corrected chi connectivity index (χ0v) is 23.2. The summed E-state index contributed by atoms with van der Waals surface area (Å²) in [4.78, 5) is 26.9. The Balaban J connectivity index is 1.16. The third-order valence-corrected chi connectivity index (χ3v) is 8.30. The van der Waals surface area contributed by atoms with Crippen LogP contribution in [0.5, 0.6) is 11.5 Å². The molecule has 10 nitrogen and oxygen atoms in total. The molecule has 41 heavy (non-hydrogen) atoms. The van der Waals surface area contributed by atoms with E-state index >= 15 is 0 Å². The van der Waals surface area contributed by atoms with Crippen molar-refractivity contribution in [3.63, 3.8) is 0 Å². The van der Waals surface area contributed by atoms with Gasteiger partial charge in [-0.15, -0.1) is 0 Å². The highest BCUT2D eigenvalue weighted by Crippen LogP contribution is 2.36. The highest BCUT2D eigenvalue weighted by molar-refractivity contribution is 7.92. The number of benzene rings is 3. The minimum absolute atomic E-state index is 0.0777. The fraction of sp³-hybridized carbons (Fsp3) is 0.310. The van der Waals surface area contributed by atoms with E-state index < -0.39 is 15.8 Å². The summed E-state index contributed by atoms with van der Waals surface area (Å²) < 4.78 is 57.5. The summed E-state index contributed by atoms with van der Waals surface area (Å²) in [7, 11) is -2.33. The van der Waals surface area contributed by atoms with E-state index in [1.54, 1.807) is 19.2 Å². The number of nitrogens with one attached hydrogen (secondary N) is 2. The van der Waals surface area contributed by atoms with Gasteiger partial charge in [0.15, 0.2) is 17.8 Å². The van der Waals surface area contributed by atoms with Crippen molar-refractivity contribution in [1.82, 2.24) is 4.90 Å². The number of sulfonamides is 1. The van der Waals surface area contributed by atoms with Crippen molar-refractivity contribution in [1.29, 1.82) is 0 Å². The number of halogens is 1. The van der Waals surface area contributed by atoms with Crippen molar-refractivity contribution < 1.29 is 36.6 Å². The number of rotatable bonds is 10. The van der Waals surface area contributed by atoms with Crippen molar-refractivity contribution in [3.05, 3.63) is 78.1 Å². The highest BCUT2D eigenvalue weighted by atomic mass is 32.2. The number of carbonyl (C=O) groups is 2. The Bertz CT molecular complexity index is 1510. The van der Waals surface area contributed by atoms with Crippen molar-refractivity contribution >= 4 is 33.2 Å². The van der Waals surface area contributed by atoms with Crippen LogP contribution in [0.25, 0.3) is 0 Å². The van der Waals surface area contributed by atoms with Gasteiger partial charge in [-0.05, 0) is 72.6 Å². The van der Waals surface area contributed by atoms with Gasteiger partial charge in [0.1, 0.15) is 5.82 Å². The number of amides is 2. The number of anilines is 2. The van der Waals surface area contributed by atoms with Crippen LogP contribution < -0.4 is 19.5 Å². The average Bonchev–Trinajstić information content (AvgIpc) is 3.59. The lowest BCUT2D eigenvalue weighted by molar-refractivity contribution is -0.131. The van der Waals surface area contributed by atoms with Crippen LogP contribution in [0.2, 0.25) is 0 Å². The summed E-state index contributed by atoms with van der Waals surface area (Å²) in [5.41, 5.74) is 1.62. The van der Waals surface area contributed by atoms with E-state index in [0.717, 1.165) is 30.5 Å². The molecule has 0 bridgehead atoms. The Morgan fingerprint density at radius 1 is 1.05 bits per heavy atom. The van der Waals surface area contributed by atoms with Gasteiger partial charge in [-0.25, -0.2) is 12.8 Å². The van der Waals surface area contributed by atoms with Crippen molar-refractivity contribution in [2.45, 2.75) is 36.4 Å². The Morgan fingerprint density at radius 3 is 2.46 bits per heavy atom. The zero-order chi connectivity index (χ0) is 29.0. The first kappa shape index (κ1) is 28.4. The lowest BCUT2D eigenvalue weighted by Gasteiger charge is -2.19. The first-order valence-electron chi connectivity index (χ1n) is 13.1. The third-order valence-electron chi connectivity index (χ3n) is 6.90. The smallest absolute Gasteiger partial charge is 0.261 e. The van der Waals surface area contributed by atoms with Crippen molar-refractivity contribution in [2.75, 3.05) is 36.8 Å². The monoisotopic (exact) mass is 583 g/mol. The summed E-state index contributed by atoms with van der Waals surface area (Å²) in [6.07, 6.45) is 1.67. The molecule has 1 unspecified atom stereocenters. The molecule has 2 atom stereocenters. The number of carbonyl (C=O) groups excluding carboxylic acids is 2. The second kappa shape index (κ2) is 12.1. The lowest BCUT2D eigenvalue weighted by Crippen LogP contribution is -2.34. The molecule has 0 aliphatic carbocycles. The SMILES string of the molecule is COc1ccc([C@@H]2CC(=O)N(CC(=O)Nc3ccc(NS(=O)(=O)c4ccc(F)cc4)cc3)C2)cc1OC1CCCO1. The number of hydrogen-bond acceptors (Lipinski definition) is 7. The van der Waals surface area contributed by atoms with Gasteiger partial charge in [-0.2, -0.15) is 0 Å². The van der Waals surface area contributed by atoms with Crippen LogP contribution in [0.1, 0.15) is 30.7 Å². The first-order valence-corrected chi connectivity index (χ1v) is 14.6. The van der Waals surface area contributed by atoms with Gasteiger partial charge in [0.05, 0.1) is 25.2 Å². The quantitative estimate of drug-likeness (QED) is 0.368. The van der Waals surface area contributed by atoms with Crippen LogP contribution in [0.4, 0.5) is 15.8 Å². The Morgan fingerprint density at radius 2 is 1.78 bits per heavy atom. The van der Waals surface area contributed by atoms with Gasteiger partial charge >= 0.3 is 0 Å². The van der Waals surface area contributed by atoms with Crippen molar-refractivity contribution in [2.24, 2.45) is 0 Å². The summed E-state index contributed by atoms with van der Waals surface area (Å²) in [5.74, 6) is -0.0156. The molecule has 0 aromatic heterocycles.